The molecule has 0 radical (unpaired) electrons. The van der Waals surface area contributed by atoms with Crippen molar-refractivity contribution in [2.75, 3.05) is 19.6 Å². The van der Waals surface area contributed by atoms with Crippen molar-refractivity contribution in [2.45, 2.75) is 25.7 Å². The lowest BCUT2D eigenvalue weighted by Gasteiger charge is -2.45. The highest BCUT2D eigenvalue weighted by Crippen LogP contribution is 2.35. The zero-order chi connectivity index (χ0) is 12.7. The number of hydrogen-bond acceptors (Lipinski definition) is 3. The molecule has 1 aromatic heterocycles. The second-order valence-corrected chi connectivity index (χ2v) is 6.10. The van der Waals surface area contributed by atoms with Crippen molar-refractivity contribution in [2.24, 2.45) is 11.8 Å². The highest BCUT2D eigenvalue weighted by Gasteiger charge is 2.33. The van der Waals surface area contributed by atoms with Crippen molar-refractivity contribution >= 4 is 11.0 Å². The second-order valence-electron chi connectivity index (χ2n) is 6.10. The largest absolute Gasteiger partial charge is 0.356 e. The fraction of sp³-hybridized carbons (Fsp3) is 0.562. The van der Waals surface area contributed by atoms with E-state index in [2.05, 4.69) is 28.3 Å². The van der Waals surface area contributed by atoms with E-state index in [0.717, 1.165) is 29.2 Å². The summed E-state index contributed by atoms with van der Waals surface area (Å²) in [7, 11) is 0. The zero-order valence-corrected chi connectivity index (χ0v) is 11.2. The van der Waals surface area contributed by atoms with Crippen LogP contribution in [0.5, 0.6) is 0 Å². The Kier molecular flexibility index (Phi) is 2.80. The monoisotopic (exact) mass is 256 g/mol. The average molecular weight is 256 g/mol. The number of rotatable bonds is 3. The van der Waals surface area contributed by atoms with Crippen LogP contribution in [0.1, 0.15) is 24.8 Å². The molecule has 1 aromatic carbocycles. The molecule has 5 rings (SSSR count). The third-order valence-corrected chi connectivity index (χ3v) is 5.04. The number of aromatic nitrogens is 1. The molecule has 19 heavy (non-hydrogen) atoms. The molecule has 0 aliphatic carbocycles. The molecule has 3 nitrogen and oxygen atoms in total. The number of benzene rings is 1. The van der Waals surface area contributed by atoms with Gasteiger partial charge in [0.05, 0.1) is 6.20 Å². The number of para-hydroxylation sites is 1. The summed E-state index contributed by atoms with van der Waals surface area (Å²) < 4.78 is 5.39. The topological polar surface area (TPSA) is 29.3 Å². The molecule has 3 aliphatic rings. The Bertz CT molecular complexity index is 569. The fourth-order valence-corrected chi connectivity index (χ4v) is 3.91. The van der Waals surface area contributed by atoms with Gasteiger partial charge in [-0.2, -0.15) is 0 Å². The summed E-state index contributed by atoms with van der Waals surface area (Å²) in [4.78, 5) is 2.64. The molecule has 0 N–H and O–H groups in total. The number of piperidine rings is 3. The summed E-state index contributed by atoms with van der Waals surface area (Å²) in [5, 5.41) is 5.04. The van der Waals surface area contributed by atoms with Crippen molar-refractivity contribution < 1.29 is 4.52 Å². The van der Waals surface area contributed by atoms with E-state index >= 15 is 0 Å². The molecular formula is C16H20N2O. The standard InChI is InChI=1S/C16H20N2O/c1-2-13(16-14(3-1)10-17-19-16)4-5-15-11-18-8-6-12(15)7-9-18/h1-3,10,12,15H,4-9,11H2. The Morgan fingerprint density at radius 2 is 2.16 bits per heavy atom. The van der Waals surface area contributed by atoms with Crippen LogP contribution in [0.3, 0.4) is 0 Å². The van der Waals surface area contributed by atoms with Crippen LogP contribution in [-0.2, 0) is 6.42 Å². The van der Waals surface area contributed by atoms with Crippen LogP contribution in [0.15, 0.2) is 28.9 Å². The van der Waals surface area contributed by atoms with E-state index in [0.29, 0.717) is 0 Å². The van der Waals surface area contributed by atoms with Crippen molar-refractivity contribution in [1.82, 2.24) is 10.1 Å². The minimum Gasteiger partial charge on any atom is -0.356 e. The second kappa shape index (κ2) is 4.64. The Balaban J connectivity index is 1.49. The Morgan fingerprint density at radius 1 is 1.26 bits per heavy atom. The van der Waals surface area contributed by atoms with Crippen LogP contribution in [0, 0.1) is 11.8 Å². The molecule has 1 atom stereocenters. The lowest BCUT2D eigenvalue weighted by Crippen LogP contribution is -2.47. The van der Waals surface area contributed by atoms with Gasteiger partial charge >= 0.3 is 0 Å². The first-order valence-electron chi connectivity index (χ1n) is 7.45. The van der Waals surface area contributed by atoms with Crippen LogP contribution < -0.4 is 0 Å². The van der Waals surface area contributed by atoms with Gasteiger partial charge < -0.3 is 9.42 Å². The third kappa shape index (κ3) is 2.06. The molecule has 3 fully saturated rings. The molecule has 0 saturated carbocycles. The molecule has 2 aromatic rings. The maximum Gasteiger partial charge on any atom is 0.170 e. The summed E-state index contributed by atoms with van der Waals surface area (Å²) in [6.45, 7) is 3.98. The van der Waals surface area contributed by atoms with Crippen molar-refractivity contribution in [3.8, 4) is 0 Å². The van der Waals surface area contributed by atoms with Gasteiger partial charge in [-0.05, 0) is 62.2 Å². The smallest absolute Gasteiger partial charge is 0.170 e. The lowest BCUT2D eigenvalue weighted by molar-refractivity contribution is 0.0469. The minimum absolute atomic E-state index is 0.890. The summed E-state index contributed by atoms with van der Waals surface area (Å²) >= 11 is 0. The first-order chi connectivity index (χ1) is 9.40. The molecule has 3 heteroatoms. The van der Waals surface area contributed by atoms with Crippen LogP contribution in [-0.4, -0.2) is 29.7 Å². The molecule has 4 heterocycles. The van der Waals surface area contributed by atoms with Crippen LogP contribution in [0.2, 0.25) is 0 Å². The first kappa shape index (κ1) is 11.5. The molecule has 100 valence electrons. The predicted octanol–water partition coefficient (Wildman–Crippen LogP) is 3.10. The Morgan fingerprint density at radius 3 is 2.95 bits per heavy atom. The molecule has 3 saturated heterocycles. The van der Waals surface area contributed by atoms with Crippen molar-refractivity contribution in [3.05, 3.63) is 30.0 Å². The van der Waals surface area contributed by atoms with Gasteiger partial charge in [-0.3, -0.25) is 0 Å². The molecule has 0 spiro atoms. The average Bonchev–Trinajstić information content (AvgIpc) is 2.95. The van der Waals surface area contributed by atoms with Gasteiger partial charge in [-0.15, -0.1) is 0 Å². The number of nitrogens with zero attached hydrogens (tertiary/aromatic N) is 2. The van der Waals surface area contributed by atoms with E-state index in [1.54, 1.807) is 0 Å². The van der Waals surface area contributed by atoms with Gasteiger partial charge in [0, 0.05) is 11.9 Å². The van der Waals surface area contributed by atoms with E-state index in [4.69, 9.17) is 4.52 Å². The normalized spacial score (nSPS) is 30.0. The van der Waals surface area contributed by atoms with Crippen LogP contribution in [0.4, 0.5) is 0 Å². The molecular weight excluding hydrogens is 236 g/mol. The minimum atomic E-state index is 0.890. The highest BCUT2D eigenvalue weighted by atomic mass is 16.5. The fourth-order valence-electron chi connectivity index (χ4n) is 3.91. The summed E-state index contributed by atoms with van der Waals surface area (Å²) in [6, 6.07) is 6.38. The van der Waals surface area contributed by atoms with E-state index in [1.807, 2.05) is 6.20 Å². The first-order valence-corrected chi connectivity index (χ1v) is 7.45. The summed E-state index contributed by atoms with van der Waals surface area (Å²) in [5.74, 6) is 1.86. The van der Waals surface area contributed by atoms with Crippen molar-refractivity contribution in [3.63, 3.8) is 0 Å². The predicted molar refractivity (Wildman–Crippen MR) is 75.0 cm³/mol. The third-order valence-electron chi connectivity index (χ3n) is 5.04. The summed E-state index contributed by atoms with van der Waals surface area (Å²) in [5.41, 5.74) is 2.32. The van der Waals surface area contributed by atoms with E-state index in [-0.39, 0.29) is 0 Å². The number of hydrogen-bond donors (Lipinski definition) is 0. The van der Waals surface area contributed by atoms with E-state index in [9.17, 15) is 0 Å². The Labute approximate surface area is 113 Å². The van der Waals surface area contributed by atoms with E-state index in [1.165, 1.54) is 44.5 Å². The number of fused-ring (bicyclic) bond motifs is 4. The SMILES string of the molecule is c1cc(CCC2CN3CCC2CC3)c2oncc2c1. The highest BCUT2D eigenvalue weighted by molar-refractivity contribution is 5.79. The van der Waals surface area contributed by atoms with Gasteiger partial charge in [-0.25, -0.2) is 0 Å². The van der Waals surface area contributed by atoms with Gasteiger partial charge in [0.25, 0.3) is 0 Å². The summed E-state index contributed by atoms with van der Waals surface area (Å²) in [6.07, 6.45) is 7.06. The quantitative estimate of drug-likeness (QED) is 0.845. The van der Waals surface area contributed by atoms with E-state index < -0.39 is 0 Å². The lowest BCUT2D eigenvalue weighted by atomic mass is 9.76. The van der Waals surface area contributed by atoms with Gasteiger partial charge in [-0.1, -0.05) is 17.3 Å². The van der Waals surface area contributed by atoms with Gasteiger partial charge in [0.15, 0.2) is 5.58 Å². The maximum absolute atomic E-state index is 5.39. The van der Waals surface area contributed by atoms with Gasteiger partial charge in [0.1, 0.15) is 0 Å². The zero-order valence-electron chi connectivity index (χ0n) is 11.2. The van der Waals surface area contributed by atoms with Gasteiger partial charge in [0.2, 0.25) is 0 Å². The maximum atomic E-state index is 5.39. The molecule has 0 amide bonds. The van der Waals surface area contributed by atoms with Crippen LogP contribution >= 0.6 is 0 Å². The molecule has 3 aliphatic heterocycles. The van der Waals surface area contributed by atoms with Crippen LogP contribution in [0.25, 0.3) is 11.0 Å². The van der Waals surface area contributed by atoms with Crippen molar-refractivity contribution in [1.29, 1.82) is 0 Å². The molecule has 1 unspecified atom stereocenters. The number of aryl methyl sites for hydroxylation is 1. The Hall–Kier alpha value is -1.35. The molecule has 2 bridgehead atoms.